The molecule has 0 amide bonds. The molecule has 2 aromatic rings. The van der Waals surface area contributed by atoms with E-state index in [4.69, 9.17) is 18.9 Å². The van der Waals surface area contributed by atoms with Crippen molar-refractivity contribution in [1.29, 1.82) is 0 Å². The third kappa shape index (κ3) is 6.50. The lowest BCUT2D eigenvalue weighted by Gasteiger charge is -2.14. The minimum absolute atomic E-state index is 0.0385. The molecule has 1 aromatic heterocycles. The van der Waals surface area contributed by atoms with E-state index >= 15 is 0 Å². The summed E-state index contributed by atoms with van der Waals surface area (Å²) in [6.07, 6.45) is 1.09. The second-order valence-electron chi connectivity index (χ2n) is 7.10. The molecular weight excluding hydrogens is 414 g/mol. The fourth-order valence-electron chi connectivity index (χ4n) is 2.88. The number of hydrogen-bond donors (Lipinski definition) is 1. The van der Waals surface area contributed by atoms with Crippen LogP contribution < -0.4 is 14.8 Å². The minimum atomic E-state index is -0.665. The van der Waals surface area contributed by atoms with Gasteiger partial charge in [-0.05, 0) is 31.9 Å². The number of carbonyl (C=O) groups is 2. The summed E-state index contributed by atoms with van der Waals surface area (Å²) < 4.78 is 22.5. The van der Waals surface area contributed by atoms with Crippen molar-refractivity contribution < 1.29 is 28.5 Å². The molecule has 0 fully saturated rings. The first-order valence-corrected chi connectivity index (χ1v) is 10.4. The molecule has 1 aromatic carbocycles. The zero-order valence-electron chi connectivity index (χ0n) is 19.4. The number of nitrogens with zero attached hydrogens (tertiary/aromatic N) is 2. The van der Waals surface area contributed by atoms with E-state index in [0.717, 1.165) is 17.3 Å². The van der Waals surface area contributed by atoms with Crippen LogP contribution in [0.4, 0.5) is 5.82 Å². The molecule has 0 saturated heterocycles. The Bertz CT molecular complexity index is 965. The van der Waals surface area contributed by atoms with Gasteiger partial charge < -0.3 is 24.3 Å². The molecule has 0 aliphatic carbocycles. The molecule has 0 bridgehead atoms. The van der Waals surface area contributed by atoms with Gasteiger partial charge in [0.05, 0.1) is 45.7 Å². The first kappa shape index (κ1) is 24.8. The topological polar surface area (TPSA) is 101 Å². The number of esters is 2. The number of rotatable bonds is 11. The third-order valence-corrected chi connectivity index (χ3v) is 4.51. The maximum absolute atomic E-state index is 12.4. The molecule has 2 rings (SSSR count). The number of nitrogens with one attached hydrogen (secondary N) is 1. The van der Waals surface area contributed by atoms with Crippen LogP contribution in [0.3, 0.4) is 0 Å². The van der Waals surface area contributed by atoms with E-state index in [9.17, 15) is 9.59 Å². The lowest BCUT2D eigenvalue weighted by atomic mass is 10.1. The molecule has 9 nitrogen and oxygen atoms in total. The smallest absolute Gasteiger partial charge is 0.355 e. The highest BCUT2D eigenvalue weighted by Gasteiger charge is 2.19. The molecule has 174 valence electrons. The Morgan fingerprint density at radius 2 is 1.81 bits per heavy atom. The van der Waals surface area contributed by atoms with Gasteiger partial charge in [-0.15, -0.1) is 0 Å². The number of ether oxygens (including phenoxy) is 4. The van der Waals surface area contributed by atoms with Crippen LogP contribution in [-0.4, -0.2) is 49.2 Å². The van der Waals surface area contributed by atoms with E-state index in [2.05, 4.69) is 10.4 Å². The standard InChI is InChI=1S/C23H31N3O6/c1-7-31-22(27)13-19(23(28)32-8-2)24-21-12-18(15(3)4)25-26(21)14-16-9-10-17(29-5)11-20(16)30-6/h9-13,15,24H,7-8,14H2,1-6H3/b19-13+. The highest BCUT2D eigenvalue weighted by atomic mass is 16.5. The van der Waals surface area contributed by atoms with Crippen molar-refractivity contribution in [2.45, 2.75) is 40.2 Å². The first-order chi connectivity index (χ1) is 15.3. The van der Waals surface area contributed by atoms with E-state index in [1.807, 2.05) is 32.0 Å². The van der Waals surface area contributed by atoms with Crippen molar-refractivity contribution in [2.75, 3.05) is 32.8 Å². The second-order valence-corrected chi connectivity index (χ2v) is 7.10. The Labute approximate surface area is 188 Å². The Kier molecular flexibility index (Phi) is 9.12. The molecular formula is C23H31N3O6. The van der Waals surface area contributed by atoms with Crippen molar-refractivity contribution in [1.82, 2.24) is 9.78 Å². The number of benzene rings is 1. The van der Waals surface area contributed by atoms with Gasteiger partial charge in [0.2, 0.25) is 0 Å². The predicted molar refractivity (Wildman–Crippen MR) is 120 cm³/mol. The summed E-state index contributed by atoms with van der Waals surface area (Å²) in [5.41, 5.74) is 1.64. The average Bonchev–Trinajstić information content (AvgIpc) is 3.16. The largest absolute Gasteiger partial charge is 0.497 e. The zero-order valence-corrected chi connectivity index (χ0v) is 19.4. The predicted octanol–water partition coefficient (Wildman–Crippen LogP) is 3.49. The molecule has 9 heteroatoms. The summed E-state index contributed by atoms with van der Waals surface area (Å²) in [4.78, 5) is 24.4. The van der Waals surface area contributed by atoms with Gasteiger partial charge >= 0.3 is 11.9 Å². The quantitative estimate of drug-likeness (QED) is 0.414. The molecule has 0 unspecified atom stereocenters. The van der Waals surface area contributed by atoms with Crippen molar-refractivity contribution in [2.24, 2.45) is 0 Å². The lowest BCUT2D eigenvalue weighted by Crippen LogP contribution is -2.19. The highest BCUT2D eigenvalue weighted by Crippen LogP contribution is 2.27. The second kappa shape index (κ2) is 11.8. The van der Waals surface area contributed by atoms with Crippen LogP contribution in [0.25, 0.3) is 0 Å². The van der Waals surface area contributed by atoms with E-state index < -0.39 is 11.9 Å². The first-order valence-electron chi connectivity index (χ1n) is 10.4. The van der Waals surface area contributed by atoms with E-state index in [1.54, 1.807) is 38.8 Å². The van der Waals surface area contributed by atoms with Crippen LogP contribution in [-0.2, 0) is 25.6 Å². The molecule has 1 N–H and O–H groups in total. The molecule has 0 atom stereocenters. The minimum Gasteiger partial charge on any atom is -0.497 e. The number of anilines is 1. The lowest BCUT2D eigenvalue weighted by molar-refractivity contribution is -0.140. The summed E-state index contributed by atoms with van der Waals surface area (Å²) in [5, 5.41) is 7.67. The van der Waals surface area contributed by atoms with Crippen molar-refractivity contribution in [3.8, 4) is 11.5 Å². The van der Waals surface area contributed by atoms with Gasteiger partial charge in [0.25, 0.3) is 0 Å². The van der Waals surface area contributed by atoms with Gasteiger partial charge in [-0.3, -0.25) is 0 Å². The average molecular weight is 446 g/mol. The molecule has 0 spiro atoms. The SMILES string of the molecule is CCOC(=O)/C=C(/Nc1cc(C(C)C)nn1Cc1ccc(OC)cc1OC)C(=O)OCC. The number of aromatic nitrogens is 2. The van der Waals surface area contributed by atoms with Gasteiger partial charge in [-0.2, -0.15) is 5.10 Å². The normalized spacial score (nSPS) is 11.3. The zero-order chi connectivity index (χ0) is 23.7. The Morgan fingerprint density at radius 3 is 2.41 bits per heavy atom. The monoisotopic (exact) mass is 445 g/mol. The summed E-state index contributed by atoms with van der Waals surface area (Å²) in [5.74, 6) is 0.681. The van der Waals surface area contributed by atoms with Crippen LogP contribution in [0.5, 0.6) is 11.5 Å². The Balaban J connectivity index is 2.44. The van der Waals surface area contributed by atoms with Gasteiger partial charge in [-0.1, -0.05) is 13.8 Å². The van der Waals surface area contributed by atoms with Gasteiger partial charge in [0.1, 0.15) is 23.0 Å². The van der Waals surface area contributed by atoms with Crippen molar-refractivity contribution >= 4 is 17.8 Å². The summed E-state index contributed by atoms with van der Waals surface area (Å²) in [6, 6.07) is 7.35. The maximum atomic E-state index is 12.4. The number of carbonyl (C=O) groups excluding carboxylic acids is 2. The van der Waals surface area contributed by atoms with Crippen molar-refractivity contribution in [3.05, 3.63) is 47.3 Å². The van der Waals surface area contributed by atoms with Crippen LogP contribution >= 0.6 is 0 Å². The summed E-state index contributed by atoms with van der Waals surface area (Å²) in [6.45, 7) is 8.14. The molecule has 0 radical (unpaired) electrons. The van der Waals surface area contributed by atoms with Crippen molar-refractivity contribution in [3.63, 3.8) is 0 Å². The fourth-order valence-corrected chi connectivity index (χ4v) is 2.88. The van der Waals surface area contributed by atoms with Gasteiger partial charge in [-0.25, -0.2) is 14.3 Å². The molecule has 0 saturated carbocycles. The van der Waals surface area contributed by atoms with Crippen LogP contribution in [0.2, 0.25) is 0 Å². The molecule has 0 aliphatic rings. The Hall–Kier alpha value is -3.49. The summed E-state index contributed by atoms with van der Waals surface area (Å²) >= 11 is 0. The number of hydrogen-bond acceptors (Lipinski definition) is 8. The van der Waals surface area contributed by atoms with Crippen LogP contribution in [0, 0.1) is 0 Å². The Morgan fingerprint density at radius 1 is 1.09 bits per heavy atom. The maximum Gasteiger partial charge on any atom is 0.355 e. The third-order valence-electron chi connectivity index (χ3n) is 4.51. The highest BCUT2D eigenvalue weighted by molar-refractivity contribution is 5.98. The van der Waals surface area contributed by atoms with Gasteiger partial charge in [0.15, 0.2) is 0 Å². The van der Waals surface area contributed by atoms with Crippen LogP contribution in [0.15, 0.2) is 36.0 Å². The summed E-state index contributed by atoms with van der Waals surface area (Å²) in [7, 11) is 3.17. The molecule has 1 heterocycles. The van der Waals surface area contributed by atoms with Crippen LogP contribution in [0.1, 0.15) is 44.9 Å². The molecule has 0 aliphatic heterocycles. The fraction of sp³-hybridized carbons (Fsp3) is 0.435. The van der Waals surface area contributed by atoms with E-state index in [-0.39, 0.29) is 24.8 Å². The van der Waals surface area contributed by atoms with E-state index in [0.29, 0.717) is 23.9 Å². The molecule has 32 heavy (non-hydrogen) atoms. The number of methoxy groups -OCH3 is 2. The van der Waals surface area contributed by atoms with Gasteiger partial charge in [0, 0.05) is 17.7 Å². The van der Waals surface area contributed by atoms with E-state index in [1.165, 1.54) is 0 Å².